The summed E-state index contributed by atoms with van der Waals surface area (Å²) in [5.41, 5.74) is 1.61. The monoisotopic (exact) mass is 467 g/mol. The van der Waals surface area contributed by atoms with Gasteiger partial charge in [-0.3, -0.25) is 9.69 Å². The van der Waals surface area contributed by atoms with E-state index in [9.17, 15) is 13.2 Å². The zero-order valence-electron chi connectivity index (χ0n) is 19.0. The number of hydrogen-bond acceptors (Lipinski definition) is 5. The van der Waals surface area contributed by atoms with Gasteiger partial charge in [-0.2, -0.15) is 0 Å². The second kappa shape index (κ2) is 9.86. The van der Waals surface area contributed by atoms with Crippen molar-refractivity contribution in [2.24, 2.45) is 0 Å². The van der Waals surface area contributed by atoms with Gasteiger partial charge in [-0.05, 0) is 24.3 Å². The molecule has 0 bridgehead atoms. The van der Waals surface area contributed by atoms with Crippen molar-refractivity contribution in [3.8, 4) is 11.4 Å². The average Bonchev–Trinajstić information content (AvgIpc) is 3.32. The van der Waals surface area contributed by atoms with Crippen LogP contribution in [0.5, 0.6) is 0 Å². The molecule has 3 aromatic rings. The van der Waals surface area contributed by atoms with Crippen LogP contribution in [0.2, 0.25) is 0 Å². The van der Waals surface area contributed by atoms with E-state index >= 15 is 0 Å². The lowest BCUT2D eigenvalue weighted by Gasteiger charge is -2.35. The van der Waals surface area contributed by atoms with Crippen LogP contribution in [0, 0.1) is 0 Å². The van der Waals surface area contributed by atoms with Crippen LogP contribution in [0.4, 0.5) is 0 Å². The molecule has 1 amide bonds. The lowest BCUT2D eigenvalue weighted by molar-refractivity contribution is 0.0633. The average molecular weight is 468 g/mol. The van der Waals surface area contributed by atoms with E-state index in [-0.39, 0.29) is 10.8 Å². The Morgan fingerprint density at radius 2 is 1.61 bits per heavy atom. The Bertz CT molecular complexity index is 1180. The molecular formula is C24H29N5O3S. The highest BCUT2D eigenvalue weighted by atomic mass is 32.2. The lowest BCUT2D eigenvalue weighted by atomic mass is 10.2. The van der Waals surface area contributed by atoms with Crippen molar-refractivity contribution >= 4 is 15.9 Å². The number of amides is 1. The van der Waals surface area contributed by atoms with Gasteiger partial charge < -0.3 is 9.47 Å². The third-order valence-electron chi connectivity index (χ3n) is 5.94. The van der Waals surface area contributed by atoms with E-state index in [1.165, 1.54) is 26.2 Å². The molecule has 33 heavy (non-hydrogen) atoms. The first-order valence-corrected chi connectivity index (χ1v) is 12.4. The summed E-state index contributed by atoms with van der Waals surface area (Å²) in [4.78, 5) is 21.8. The fourth-order valence-electron chi connectivity index (χ4n) is 3.92. The van der Waals surface area contributed by atoms with Crippen LogP contribution in [0.3, 0.4) is 0 Å². The van der Waals surface area contributed by atoms with Gasteiger partial charge in [-0.25, -0.2) is 17.7 Å². The number of imidazole rings is 1. The maximum Gasteiger partial charge on any atom is 0.253 e. The van der Waals surface area contributed by atoms with Gasteiger partial charge in [0.05, 0.1) is 4.90 Å². The molecule has 1 aromatic heterocycles. The van der Waals surface area contributed by atoms with E-state index in [4.69, 9.17) is 0 Å². The van der Waals surface area contributed by atoms with Crippen molar-refractivity contribution in [3.05, 3.63) is 72.6 Å². The smallest absolute Gasteiger partial charge is 0.253 e. The summed E-state index contributed by atoms with van der Waals surface area (Å²) in [6.45, 7) is 4.61. The van der Waals surface area contributed by atoms with Crippen LogP contribution in [-0.2, 0) is 16.6 Å². The van der Waals surface area contributed by atoms with Crippen molar-refractivity contribution in [1.82, 2.24) is 23.7 Å². The zero-order chi connectivity index (χ0) is 23.4. The molecule has 0 saturated carbocycles. The van der Waals surface area contributed by atoms with Gasteiger partial charge in [0.15, 0.2) is 0 Å². The molecule has 1 saturated heterocycles. The summed E-state index contributed by atoms with van der Waals surface area (Å²) in [6.07, 6.45) is 3.83. The summed E-state index contributed by atoms with van der Waals surface area (Å²) in [7, 11) is -0.524. The Balaban J connectivity index is 1.31. The summed E-state index contributed by atoms with van der Waals surface area (Å²) >= 11 is 0. The molecule has 174 valence electrons. The Kier molecular flexibility index (Phi) is 6.92. The third kappa shape index (κ3) is 5.16. The quantitative estimate of drug-likeness (QED) is 0.533. The summed E-state index contributed by atoms with van der Waals surface area (Å²) in [6, 6.07) is 16.3. The first-order chi connectivity index (χ1) is 15.9. The highest BCUT2D eigenvalue weighted by molar-refractivity contribution is 7.89. The van der Waals surface area contributed by atoms with Crippen molar-refractivity contribution in [2.75, 3.05) is 46.8 Å². The van der Waals surface area contributed by atoms with Crippen LogP contribution in [-0.4, -0.2) is 84.8 Å². The molecule has 0 N–H and O–H groups in total. The number of carbonyl (C=O) groups is 1. The molecule has 1 aliphatic heterocycles. The second-order valence-electron chi connectivity index (χ2n) is 8.26. The molecule has 0 radical (unpaired) electrons. The summed E-state index contributed by atoms with van der Waals surface area (Å²) in [5, 5.41) is 0. The van der Waals surface area contributed by atoms with Gasteiger partial charge in [0.2, 0.25) is 10.0 Å². The number of nitrogens with zero attached hydrogens (tertiary/aromatic N) is 5. The standard InChI is InChI=1S/C24H29N5O3S/c1-26(2)33(31,32)22-10-8-21(9-11-22)24(30)29-18-15-27(16-19-29)14-17-28-13-12-25-23(28)20-6-4-3-5-7-20/h3-13H,14-19H2,1-2H3. The molecule has 0 atom stereocenters. The van der Waals surface area contributed by atoms with Gasteiger partial charge in [0, 0.05) is 76.9 Å². The van der Waals surface area contributed by atoms with E-state index in [2.05, 4.69) is 26.6 Å². The maximum atomic E-state index is 12.9. The summed E-state index contributed by atoms with van der Waals surface area (Å²) < 4.78 is 27.8. The highest BCUT2D eigenvalue weighted by Crippen LogP contribution is 2.18. The van der Waals surface area contributed by atoms with E-state index < -0.39 is 10.0 Å². The first-order valence-electron chi connectivity index (χ1n) is 11.0. The molecule has 9 heteroatoms. The largest absolute Gasteiger partial charge is 0.336 e. The van der Waals surface area contributed by atoms with Crippen molar-refractivity contribution in [1.29, 1.82) is 0 Å². The second-order valence-corrected chi connectivity index (χ2v) is 10.4. The Labute approximate surface area is 195 Å². The molecule has 0 unspecified atom stereocenters. The normalized spacial score (nSPS) is 15.2. The first kappa shape index (κ1) is 23.2. The van der Waals surface area contributed by atoms with Crippen LogP contribution < -0.4 is 0 Å². The number of aromatic nitrogens is 2. The third-order valence-corrected chi connectivity index (χ3v) is 7.77. The predicted octanol–water partition coefficient (Wildman–Crippen LogP) is 2.26. The number of sulfonamides is 1. The van der Waals surface area contributed by atoms with E-state index in [0.717, 1.165) is 41.9 Å². The van der Waals surface area contributed by atoms with Crippen LogP contribution in [0.15, 0.2) is 71.9 Å². The number of piperazine rings is 1. The van der Waals surface area contributed by atoms with E-state index in [1.807, 2.05) is 35.5 Å². The Morgan fingerprint density at radius 1 is 0.939 bits per heavy atom. The minimum Gasteiger partial charge on any atom is -0.336 e. The maximum absolute atomic E-state index is 12.9. The number of benzene rings is 2. The molecule has 0 spiro atoms. The van der Waals surface area contributed by atoms with Gasteiger partial charge in [-0.1, -0.05) is 30.3 Å². The highest BCUT2D eigenvalue weighted by Gasteiger charge is 2.23. The molecule has 1 aliphatic rings. The lowest BCUT2D eigenvalue weighted by Crippen LogP contribution is -2.49. The minimum absolute atomic E-state index is 0.0653. The number of rotatable bonds is 7. The Morgan fingerprint density at radius 3 is 2.24 bits per heavy atom. The van der Waals surface area contributed by atoms with Crippen molar-refractivity contribution in [3.63, 3.8) is 0 Å². The molecule has 0 aliphatic carbocycles. The number of hydrogen-bond donors (Lipinski definition) is 0. The van der Waals surface area contributed by atoms with Crippen LogP contribution in [0.1, 0.15) is 10.4 Å². The van der Waals surface area contributed by atoms with E-state index in [1.54, 1.807) is 12.1 Å². The topological polar surface area (TPSA) is 78.8 Å². The fourth-order valence-corrected chi connectivity index (χ4v) is 4.83. The minimum atomic E-state index is -3.50. The molecular weight excluding hydrogens is 438 g/mol. The van der Waals surface area contributed by atoms with Gasteiger partial charge in [0.1, 0.15) is 5.82 Å². The van der Waals surface area contributed by atoms with E-state index in [0.29, 0.717) is 18.7 Å². The van der Waals surface area contributed by atoms with Crippen LogP contribution in [0.25, 0.3) is 11.4 Å². The molecule has 2 aromatic carbocycles. The zero-order valence-corrected chi connectivity index (χ0v) is 19.8. The molecule has 4 rings (SSSR count). The van der Waals surface area contributed by atoms with Crippen molar-refractivity contribution < 1.29 is 13.2 Å². The van der Waals surface area contributed by atoms with Crippen molar-refractivity contribution in [2.45, 2.75) is 11.4 Å². The molecule has 2 heterocycles. The van der Waals surface area contributed by atoms with Gasteiger partial charge in [0.25, 0.3) is 5.91 Å². The fraction of sp³-hybridized carbons (Fsp3) is 0.333. The molecule has 1 fully saturated rings. The SMILES string of the molecule is CN(C)S(=O)(=O)c1ccc(C(=O)N2CCN(CCn3ccnc3-c3ccccc3)CC2)cc1. The molecule has 8 nitrogen and oxygen atoms in total. The Hall–Kier alpha value is -3.01. The van der Waals surface area contributed by atoms with Gasteiger partial charge >= 0.3 is 0 Å². The number of carbonyl (C=O) groups excluding carboxylic acids is 1. The predicted molar refractivity (Wildman–Crippen MR) is 127 cm³/mol. The van der Waals surface area contributed by atoms with Gasteiger partial charge in [-0.15, -0.1) is 0 Å². The summed E-state index contributed by atoms with van der Waals surface area (Å²) in [5.74, 6) is 0.897. The van der Waals surface area contributed by atoms with Crippen LogP contribution >= 0.6 is 0 Å².